The first kappa shape index (κ1) is 25.9. The van der Waals surface area contributed by atoms with Crippen molar-refractivity contribution in [3.63, 3.8) is 0 Å². The first-order valence-electron chi connectivity index (χ1n) is 13.7. The maximum atomic E-state index is 11.9. The zero-order valence-corrected chi connectivity index (χ0v) is 21.8. The van der Waals surface area contributed by atoms with Crippen LogP contribution in [0.5, 0.6) is 0 Å². The number of hydrogen-bond acceptors (Lipinski definition) is 6. The summed E-state index contributed by atoms with van der Waals surface area (Å²) in [7, 11) is 0. The Balaban J connectivity index is 1.52. The standard InChI is InChI=1S/C28H46O6/c1-6-33-25(32)10-7-16(2)20-8-9-21-26-22(15-24(31)28(20,21)5)27(4)12-11-19(34-17(3)29)13-18(27)14-23(26)30/h16,18-24,26,30-31H,6-15H2,1-5H3/t16-,18+,19-,20-,21+,22+,23-,24+,26+,27+,28-/m1/s1. The highest BCUT2D eigenvalue weighted by Crippen LogP contribution is 2.68. The Labute approximate surface area is 205 Å². The van der Waals surface area contributed by atoms with Gasteiger partial charge in [0, 0.05) is 13.3 Å². The lowest BCUT2D eigenvalue weighted by Gasteiger charge is -2.63. The van der Waals surface area contributed by atoms with E-state index in [1.165, 1.54) is 6.92 Å². The minimum atomic E-state index is -0.398. The third-order valence-corrected chi connectivity index (χ3v) is 10.9. The first-order valence-corrected chi connectivity index (χ1v) is 13.7. The summed E-state index contributed by atoms with van der Waals surface area (Å²) in [4.78, 5) is 23.5. The van der Waals surface area contributed by atoms with Gasteiger partial charge in [-0.05, 0) is 105 Å². The highest BCUT2D eigenvalue weighted by molar-refractivity contribution is 5.69. The summed E-state index contributed by atoms with van der Waals surface area (Å²) >= 11 is 0. The molecule has 34 heavy (non-hydrogen) atoms. The number of carbonyl (C=O) groups excluding carboxylic acids is 2. The minimum Gasteiger partial charge on any atom is -0.466 e. The fourth-order valence-corrected chi connectivity index (χ4v) is 9.24. The van der Waals surface area contributed by atoms with Crippen LogP contribution in [0.1, 0.15) is 92.4 Å². The molecule has 4 aliphatic carbocycles. The summed E-state index contributed by atoms with van der Waals surface area (Å²) in [6.45, 7) is 10.6. The van der Waals surface area contributed by atoms with Gasteiger partial charge in [0.25, 0.3) is 0 Å². The molecule has 0 aliphatic heterocycles. The summed E-state index contributed by atoms with van der Waals surface area (Å²) in [6.07, 6.45) is 6.67. The van der Waals surface area contributed by atoms with E-state index in [0.29, 0.717) is 42.6 Å². The van der Waals surface area contributed by atoms with Crippen molar-refractivity contribution >= 4 is 11.9 Å². The normalized spacial score (nSPS) is 46.6. The van der Waals surface area contributed by atoms with Gasteiger partial charge in [-0.15, -0.1) is 0 Å². The highest BCUT2D eigenvalue weighted by atomic mass is 16.5. The maximum absolute atomic E-state index is 11.9. The Morgan fingerprint density at radius 3 is 2.47 bits per heavy atom. The lowest BCUT2D eigenvalue weighted by atomic mass is 9.43. The van der Waals surface area contributed by atoms with Crippen molar-refractivity contribution in [2.75, 3.05) is 6.61 Å². The highest BCUT2D eigenvalue weighted by Gasteiger charge is 2.65. The second kappa shape index (κ2) is 9.72. The van der Waals surface area contributed by atoms with Crippen LogP contribution in [-0.2, 0) is 19.1 Å². The molecule has 0 amide bonds. The smallest absolute Gasteiger partial charge is 0.305 e. The third kappa shape index (κ3) is 4.31. The zero-order valence-electron chi connectivity index (χ0n) is 21.8. The van der Waals surface area contributed by atoms with Crippen LogP contribution in [0.3, 0.4) is 0 Å². The van der Waals surface area contributed by atoms with E-state index in [4.69, 9.17) is 9.47 Å². The Morgan fingerprint density at radius 1 is 1.06 bits per heavy atom. The molecule has 0 spiro atoms. The van der Waals surface area contributed by atoms with Crippen LogP contribution in [0.15, 0.2) is 0 Å². The number of esters is 2. The Kier molecular flexibility index (Phi) is 7.42. The molecule has 11 atom stereocenters. The lowest BCUT2D eigenvalue weighted by Crippen LogP contribution is -2.62. The van der Waals surface area contributed by atoms with Crippen LogP contribution >= 0.6 is 0 Å². The van der Waals surface area contributed by atoms with E-state index in [9.17, 15) is 19.8 Å². The zero-order chi connectivity index (χ0) is 24.8. The molecular weight excluding hydrogens is 432 g/mol. The quantitative estimate of drug-likeness (QED) is 0.546. The number of aliphatic hydroxyl groups is 2. The first-order chi connectivity index (χ1) is 16.0. The molecule has 0 radical (unpaired) electrons. The average Bonchev–Trinajstić information content (AvgIpc) is 3.12. The molecule has 0 saturated heterocycles. The molecule has 0 heterocycles. The van der Waals surface area contributed by atoms with Crippen LogP contribution < -0.4 is 0 Å². The van der Waals surface area contributed by atoms with E-state index >= 15 is 0 Å². The molecule has 0 unspecified atom stereocenters. The van der Waals surface area contributed by atoms with Crippen molar-refractivity contribution in [3.05, 3.63) is 0 Å². The molecule has 0 aromatic heterocycles. The summed E-state index contributed by atoms with van der Waals surface area (Å²) in [5, 5.41) is 23.2. The number of aliphatic hydroxyl groups excluding tert-OH is 2. The number of hydrogen-bond donors (Lipinski definition) is 2. The van der Waals surface area contributed by atoms with Gasteiger partial charge in [0.05, 0.1) is 18.8 Å². The van der Waals surface area contributed by atoms with Gasteiger partial charge in [-0.25, -0.2) is 0 Å². The van der Waals surface area contributed by atoms with Gasteiger partial charge in [-0.1, -0.05) is 20.8 Å². The van der Waals surface area contributed by atoms with Crippen molar-refractivity contribution < 1.29 is 29.3 Å². The predicted molar refractivity (Wildman–Crippen MR) is 129 cm³/mol. The molecule has 4 fully saturated rings. The fourth-order valence-electron chi connectivity index (χ4n) is 9.24. The Hall–Kier alpha value is -1.14. The molecular formula is C28H46O6. The second-order valence-corrected chi connectivity index (χ2v) is 12.4. The molecule has 4 rings (SSSR count). The molecule has 6 nitrogen and oxygen atoms in total. The molecule has 4 aliphatic rings. The van der Waals surface area contributed by atoms with Crippen LogP contribution in [0, 0.1) is 46.3 Å². The van der Waals surface area contributed by atoms with Gasteiger partial charge in [0.15, 0.2) is 0 Å². The predicted octanol–water partition coefficient (Wildman–Crippen LogP) is 4.50. The van der Waals surface area contributed by atoms with Crippen molar-refractivity contribution in [1.29, 1.82) is 0 Å². The van der Waals surface area contributed by atoms with Gasteiger partial charge in [-0.3, -0.25) is 9.59 Å². The number of ether oxygens (including phenoxy) is 2. The number of fused-ring (bicyclic) bond motifs is 5. The van der Waals surface area contributed by atoms with Gasteiger partial charge >= 0.3 is 11.9 Å². The molecule has 0 aromatic carbocycles. The third-order valence-electron chi connectivity index (χ3n) is 10.9. The van der Waals surface area contributed by atoms with E-state index in [1.807, 2.05) is 6.92 Å². The molecule has 2 N–H and O–H groups in total. The van der Waals surface area contributed by atoms with Crippen LogP contribution in [0.4, 0.5) is 0 Å². The number of rotatable bonds is 6. The minimum absolute atomic E-state index is 0.0470. The largest absolute Gasteiger partial charge is 0.466 e. The molecule has 0 bridgehead atoms. The monoisotopic (exact) mass is 478 g/mol. The Morgan fingerprint density at radius 2 is 1.79 bits per heavy atom. The van der Waals surface area contributed by atoms with Crippen molar-refractivity contribution in [3.8, 4) is 0 Å². The molecule has 4 saturated carbocycles. The SMILES string of the molecule is CCOC(=O)CC[C@@H](C)[C@H]1CC[C@H]2[C@@H]3[C@H](O)C[C@@H]4C[C@H](OC(C)=O)CC[C@]4(C)[C@H]3C[C@H](O)[C@]12C. The van der Waals surface area contributed by atoms with E-state index in [0.717, 1.165) is 51.4 Å². The lowest BCUT2D eigenvalue weighted by molar-refractivity contribution is -0.209. The van der Waals surface area contributed by atoms with Crippen LogP contribution in [0.25, 0.3) is 0 Å². The summed E-state index contributed by atoms with van der Waals surface area (Å²) in [6, 6.07) is 0. The average molecular weight is 479 g/mol. The fraction of sp³-hybridized carbons (Fsp3) is 0.929. The van der Waals surface area contributed by atoms with E-state index in [2.05, 4.69) is 20.8 Å². The van der Waals surface area contributed by atoms with Gasteiger partial charge in [-0.2, -0.15) is 0 Å². The maximum Gasteiger partial charge on any atom is 0.305 e. The van der Waals surface area contributed by atoms with E-state index < -0.39 is 6.10 Å². The second-order valence-electron chi connectivity index (χ2n) is 12.4. The topological polar surface area (TPSA) is 93.1 Å². The van der Waals surface area contributed by atoms with E-state index in [-0.39, 0.29) is 40.9 Å². The molecule has 0 aromatic rings. The van der Waals surface area contributed by atoms with Crippen LogP contribution in [0.2, 0.25) is 0 Å². The molecule has 6 heteroatoms. The summed E-state index contributed by atoms with van der Waals surface area (Å²) in [5.74, 6) is 1.44. The summed E-state index contributed by atoms with van der Waals surface area (Å²) in [5.41, 5.74) is -0.162. The number of carbonyl (C=O) groups is 2. The van der Waals surface area contributed by atoms with Gasteiger partial charge < -0.3 is 19.7 Å². The van der Waals surface area contributed by atoms with E-state index in [1.54, 1.807) is 0 Å². The van der Waals surface area contributed by atoms with Crippen molar-refractivity contribution in [2.45, 2.75) is 111 Å². The van der Waals surface area contributed by atoms with Gasteiger partial charge in [0.2, 0.25) is 0 Å². The molecule has 194 valence electrons. The van der Waals surface area contributed by atoms with Gasteiger partial charge in [0.1, 0.15) is 6.10 Å². The van der Waals surface area contributed by atoms with Crippen molar-refractivity contribution in [2.24, 2.45) is 46.3 Å². The Bertz CT molecular complexity index is 768. The summed E-state index contributed by atoms with van der Waals surface area (Å²) < 4.78 is 10.7. The van der Waals surface area contributed by atoms with Crippen LogP contribution in [-0.4, -0.2) is 47.1 Å². The van der Waals surface area contributed by atoms with Crippen molar-refractivity contribution in [1.82, 2.24) is 0 Å².